The van der Waals surface area contributed by atoms with Gasteiger partial charge in [-0.25, -0.2) is 8.78 Å². The van der Waals surface area contributed by atoms with E-state index in [1.165, 1.54) is 0 Å². The Kier molecular flexibility index (Phi) is 4.52. The Morgan fingerprint density at radius 1 is 1.47 bits per heavy atom. The molecular weight excluding hydrogens is 318 g/mol. The highest BCUT2D eigenvalue weighted by Crippen LogP contribution is 2.20. The third-order valence-electron chi connectivity index (χ3n) is 3.27. The first-order valence-electron chi connectivity index (χ1n) is 6.08. The fraction of sp³-hybridized carbons (Fsp3) is 0.462. The molecule has 1 heterocycles. The van der Waals surface area contributed by atoms with Gasteiger partial charge in [0.15, 0.2) is 0 Å². The predicted molar refractivity (Wildman–Crippen MR) is 72.0 cm³/mol. The molecule has 1 aromatic rings. The summed E-state index contributed by atoms with van der Waals surface area (Å²) in [5.74, 6) is -2.06. The molecule has 0 radical (unpaired) electrons. The van der Waals surface area contributed by atoms with Gasteiger partial charge in [-0.15, -0.1) is 0 Å². The van der Waals surface area contributed by atoms with Crippen LogP contribution in [0.3, 0.4) is 0 Å². The Hall–Kier alpha value is -1.01. The van der Waals surface area contributed by atoms with Gasteiger partial charge in [-0.2, -0.15) is 0 Å². The molecule has 1 N–H and O–H groups in total. The van der Waals surface area contributed by atoms with Crippen LogP contribution in [0, 0.1) is 17.6 Å². The van der Waals surface area contributed by atoms with Crippen molar-refractivity contribution in [3.63, 3.8) is 0 Å². The quantitative estimate of drug-likeness (QED) is 0.921. The topological polar surface area (TPSA) is 32.3 Å². The minimum absolute atomic E-state index is 0.275. The summed E-state index contributed by atoms with van der Waals surface area (Å²) >= 11 is 2.98. The lowest BCUT2D eigenvalue weighted by Crippen LogP contribution is -2.31. The normalized spacial score (nSPS) is 19.7. The van der Waals surface area contributed by atoms with Crippen LogP contribution >= 0.6 is 15.9 Å². The van der Waals surface area contributed by atoms with E-state index in [9.17, 15) is 13.6 Å². The Labute approximate surface area is 119 Å². The van der Waals surface area contributed by atoms with E-state index in [-0.39, 0.29) is 4.47 Å². The molecule has 1 aliphatic heterocycles. The molecule has 0 bridgehead atoms. The fourth-order valence-electron chi connectivity index (χ4n) is 2.28. The first-order chi connectivity index (χ1) is 8.97. The molecule has 0 spiro atoms. The molecule has 1 saturated heterocycles. The number of halogens is 3. The average Bonchev–Trinajstić information content (AvgIpc) is 2.71. The van der Waals surface area contributed by atoms with Crippen molar-refractivity contribution in [1.82, 2.24) is 10.2 Å². The van der Waals surface area contributed by atoms with Crippen molar-refractivity contribution in [2.45, 2.75) is 6.42 Å². The molecule has 2 rings (SSSR count). The lowest BCUT2D eigenvalue weighted by atomic mass is 10.1. The van der Waals surface area contributed by atoms with E-state index in [1.54, 1.807) is 0 Å². The molecule has 0 aliphatic carbocycles. The lowest BCUT2D eigenvalue weighted by Gasteiger charge is -2.12. The van der Waals surface area contributed by atoms with Gasteiger partial charge in [0.1, 0.15) is 17.2 Å². The van der Waals surface area contributed by atoms with Crippen LogP contribution in [0.2, 0.25) is 0 Å². The number of amides is 1. The van der Waals surface area contributed by atoms with Crippen LogP contribution in [0.4, 0.5) is 8.78 Å². The highest BCUT2D eigenvalue weighted by Gasteiger charge is 2.22. The van der Waals surface area contributed by atoms with Crippen molar-refractivity contribution in [3.8, 4) is 0 Å². The van der Waals surface area contributed by atoms with Gasteiger partial charge in [0.05, 0.1) is 0 Å². The van der Waals surface area contributed by atoms with Gasteiger partial charge >= 0.3 is 0 Å². The van der Waals surface area contributed by atoms with Crippen LogP contribution in [-0.4, -0.2) is 37.5 Å². The van der Waals surface area contributed by atoms with E-state index in [2.05, 4.69) is 26.1 Å². The van der Waals surface area contributed by atoms with E-state index in [0.717, 1.165) is 31.6 Å². The second-order valence-electron chi connectivity index (χ2n) is 4.87. The van der Waals surface area contributed by atoms with E-state index in [0.29, 0.717) is 12.5 Å². The van der Waals surface area contributed by atoms with Gasteiger partial charge in [-0.1, -0.05) is 15.9 Å². The summed E-state index contributed by atoms with van der Waals surface area (Å²) in [7, 11) is 2.01. The van der Waals surface area contributed by atoms with Crippen LogP contribution in [-0.2, 0) is 0 Å². The number of likely N-dealkylation sites (tertiary alicyclic amines) is 1. The number of benzene rings is 1. The van der Waals surface area contributed by atoms with Gasteiger partial charge in [0.25, 0.3) is 5.91 Å². The number of nitrogens with zero attached hydrogens (tertiary/aromatic N) is 1. The van der Waals surface area contributed by atoms with E-state index < -0.39 is 23.1 Å². The minimum Gasteiger partial charge on any atom is -0.352 e. The smallest absolute Gasteiger partial charge is 0.257 e. The number of hydrogen-bond acceptors (Lipinski definition) is 2. The fourth-order valence-corrected chi connectivity index (χ4v) is 2.68. The highest BCUT2D eigenvalue weighted by molar-refractivity contribution is 9.10. The SMILES string of the molecule is CN1CCC(CNC(=O)c2c(F)cc(Br)cc2F)C1. The molecule has 1 atom stereocenters. The van der Waals surface area contributed by atoms with Crippen molar-refractivity contribution in [2.24, 2.45) is 5.92 Å². The molecular formula is C13H15BrF2N2O. The monoisotopic (exact) mass is 332 g/mol. The maximum atomic E-state index is 13.6. The summed E-state index contributed by atoms with van der Waals surface area (Å²) in [6, 6.07) is 2.17. The number of carbonyl (C=O) groups is 1. The first kappa shape index (κ1) is 14.4. The van der Waals surface area contributed by atoms with Gasteiger partial charge in [-0.3, -0.25) is 4.79 Å². The van der Waals surface area contributed by atoms with Gasteiger partial charge in [0.2, 0.25) is 0 Å². The summed E-state index contributed by atoms with van der Waals surface area (Å²) < 4.78 is 27.4. The standard InChI is InChI=1S/C13H15BrF2N2O/c1-18-3-2-8(7-18)6-17-13(19)12-10(15)4-9(14)5-11(12)16/h4-5,8H,2-3,6-7H2,1H3,(H,17,19). The molecule has 19 heavy (non-hydrogen) atoms. The Bertz CT molecular complexity index is 473. The van der Waals surface area contributed by atoms with Crippen molar-refractivity contribution >= 4 is 21.8 Å². The summed E-state index contributed by atoms with van der Waals surface area (Å²) in [5.41, 5.74) is -0.519. The highest BCUT2D eigenvalue weighted by atomic mass is 79.9. The van der Waals surface area contributed by atoms with E-state index >= 15 is 0 Å². The maximum Gasteiger partial charge on any atom is 0.257 e. The van der Waals surface area contributed by atoms with Crippen LogP contribution in [0.1, 0.15) is 16.8 Å². The van der Waals surface area contributed by atoms with Crippen molar-refractivity contribution in [2.75, 3.05) is 26.7 Å². The summed E-state index contributed by atoms with van der Waals surface area (Å²) in [6.45, 7) is 2.32. The van der Waals surface area contributed by atoms with Crippen molar-refractivity contribution in [3.05, 3.63) is 33.8 Å². The number of rotatable bonds is 3. The summed E-state index contributed by atoms with van der Waals surface area (Å²) in [5, 5.41) is 2.60. The largest absolute Gasteiger partial charge is 0.352 e. The molecule has 6 heteroatoms. The van der Waals surface area contributed by atoms with Crippen molar-refractivity contribution in [1.29, 1.82) is 0 Å². The van der Waals surface area contributed by atoms with Crippen molar-refractivity contribution < 1.29 is 13.6 Å². The average molecular weight is 333 g/mol. The molecule has 1 aliphatic rings. The van der Waals surface area contributed by atoms with Crippen LogP contribution in [0.15, 0.2) is 16.6 Å². The molecule has 1 unspecified atom stereocenters. The zero-order valence-corrected chi connectivity index (χ0v) is 12.1. The van der Waals surface area contributed by atoms with Gasteiger partial charge in [0, 0.05) is 17.6 Å². The number of carbonyl (C=O) groups excluding carboxylic acids is 1. The van der Waals surface area contributed by atoms with E-state index in [4.69, 9.17) is 0 Å². The second kappa shape index (κ2) is 5.96. The summed E-state index contributed by atoms with van der Waals surface area (Å²) in [6.07, 6.45) is 0.988. The number of nitrogens with one attached hydrogen (secondary N) is 1. The third-order valence-corrected chi connectivity index (χ3v) is 3.73. The Morgan fingerprint density at radius 3 is 2.63 bits per heavy atom. The second-order valence-corrected chi connectivity index (χ2v) is 5.79. The number of hydrogen-bond donors (Lipinski definition) is 1. The van der Waals surface area contributed by atoms with Crippen LogP contribution in [0.25, 0.3) is 0 Å². The Balaban J connectivity index is 2.00. The third kappa shape index (κ3) is 3.51. The first-order valence-corrected chi connectivity index (χ1v) is 6.88. The molecule has 0 saturated carbocycles. The lowest BCUT2D eigenvalue weighted by molar-refractivity contribution is 0.0939. The van der Waals surface area contributed by atoms with Gasteiger partial charge in [-0.05, 0) is 38.1 Å². The predicted octanol–water partition coefficient (Wildman–Crippen LogP) is 2.41. The van der Waals surface area contributed by atoms with Gasteiger partial charge < -0.3 is 10.2 Å². The summed E-state index contributed by atoms with van der Waals surface area (Å²) in [4.78, 5) is 14.0. The maximum absolute atomic E-state index is 13.6. The molecule has 104 valence electrons. The molecule has 1 aromatic carbocycles. The zero-order valence-electron chi connectivity index (χ0n) is 10.5. The molecule has 1 fully saturated rings. The van der Waals surface area contributed by atoms with Crippen LogP contribution in [0.5, 0.6) is 0 Å². The van der Waals surface area contributed by atoms with Crippen LogP contribution < -0.4 is 5.32 Å². The molecule has 0 aromatic heterocycles. The minimum atomic E-state index is -0.854. The Morgan fingerprint density at radius 2 is 2.11 bits per heavy atom. The molecule has 1 amide bonds. The zero-order chi connectivity index (χ0) is 14.0. The van der Waals surface area contributed by atoms with E-state index in [1.807, 2.05) is 7.05 Å². The molecule has 3 nitrogen and oxygen atoms in total.